The van der Waals surface area contributed by atoms with Crippen molar-refractivity contribution in [2.24, 2.45) is 5.41 Å². The number of nitrogens with one attached hydrogen (secondary N) is 2. The van der Waals surface area contributed by atoms with Crippen LogP contribution in [0.5, 0.6) is 0 Å². The summed E-state index contributed by atoms with van der Waals surface area (Å²) in [5.41, 5.74) is 2.86. The number of H-pyrrole nitrogens is 1. The molecule has 5 nitrogen and oxygen atoms in total. The summed E-state index contributed by atoms with van der Waals surface area (Å²) in [7, 11) is 0. The van der Waals surface area contributed by atoms with Gasteiger partial charge < -0.3 is 15.0 Å². The van der Waals surface area contributed by atoms with Crippen LogP contribution in [0.1, 0.15) is 40.5 Å². The maximum absolute atomic E-state index is 12.5. The highest BCUT2D eigenvalue weighted by Gasteiger charge is 2.47. The molecule has 1 spiro atoms. The smallest absolute Gasteiger partial charge is 0.305 e. The molecule has 2 aromatic rings. The Morgan fingerprint density at radius 2 is 2.09 bits per heavy atom. The summed E-state index contributed by atoms with van der Waals surface area (Å²) in [6, 6.07) is 8.28. The Morgan fingerprint density at radius 3 is 2.83 bits per heavy atom. The summed E-state index contributed by atoms with van der Waals surface area (Å²) in [5, 5.41) is 4.75. The molecule has 0 saturated carbocycles. The number of thiazole rings is 1. The molecule has 1 amide bonds. The van der Waals surface area contributed by atoms with Gasteiger partial charge in [-0.05, 0) is 30.4 Å². The van der Waals surface area contributed by atoms with Gasteiger partial charge >= 0.3 is 4.87 Å². The highest BCUT2D eigenvalue weighted by atomic mass is 32.1. The van der Waals surface area contributed by atoms with Gasteiger partial charge in [-0.25, -0.2) is 0 Å². The first kappa shape index (κ1) is 14.7. The number of aromatic amines is 1. The fourth-order valence-corrected chi connectivity index (χ4v) is 4.42. The van der Waals surface area contributed by atoms with Crippen LogP contribution >= 0.6 is 11.3 Å². The largest absolute Gasteiger partial charge is 0.381 e. The minimum absolute atomic E-state index is 0.0217. The van der Waals surface area contributed by atoms with Crippen LogP contribution in [0.2, 0.25) is 0 Å². The molecule has 2 heterocycles. The summed E-state index contributed by atoms with van der Waals surface area (Å²) in [4.78, 5) is 26.2. The number of aromatic nitrogens is 1. The molecule has 1 fully saturated rings. The van der Waals surface area contributed by atoms with Gasteiger partial charge in [0.05, 0.1) is 6.04 Å². The van der Waals surface area contributed by atoms with E-state index in [-0.39, 0.29) is 22.2 Å². The van der Waals surface area contributed by atoms with Crippen molar-refractivity contribution < 1.29 is 9.53 Å². The van der Waals surface area contributed by atoms with Crippen LogP contribution in [-0.2, 0) is 11.2 Å². The zero-order chi connectivity index (χ0) is 15.9. The number of fused-ring (bicyclic) bond motifs is 1. The molecule has 1 saturated heterocycles. The zero-order valence-corrected chi connectivity index (χ0v) is 13.4. The van der Waals surface area contributed by atoms with Crippen LogP contribution < -0.4 is 10.2 Å². The number of hydrogen-bond donors (Lipinski definition) is 2. The Labute approximate surface area is 137 Å². The summed E-state index contributed by atoms with van der Waals surface area (Å²) >= 11 is 1.01. The maximum Gasteiger partial charge on any atom is 0.305 e. The predicted octanol–water partition coefficient (Wildman–Crippen LogP) is 2.26. The van der Waals surface area contributed by atoms with E-state index in [1.807, 2.05) is 12.1 Å². The minimum atomic E-state index is -0.212. The monoisotopic (exact) mass is 330 g/mol. The van der Waals surface area contributed by atoms with Crippen molar-refractivity contribution in [1.82, 2.24) is 10.3 Å². The lowest BCUT2D eigenvalue weighted by Gasteiger charge is -2.39. The van der Waals surface area contributed by atoms with E-state index >= 15 is 0 Å². The summed E-state index contributed by atoms with van der Waals surface area (Å²) in [6.07, 6.45) is 2.84. The van der Waals surface area contributed by atoms with Crippen LogP contribution in [0.25, 0.3) is 0 Å². The lowest BCUT2D eigenvalue weighted by atomic mass is 9.74. The van der Waals surface area contributed by atoms with Gasteiger partial charge in [-0.2, -0.15) is 0 Å². The molecule has 1 aliphatic heterocycles. The van der Waals surface area contributed by atoms with Gasteiger partial charge in [0.1, 0.15) is 5.69 Å². The Bertz CT molecular complexity index is 789. The molecule has 2 N–H and O–H groups in total. The fraction of sp³-hybridized carbons (Fsp3) is 0.412. The van der Waals surface area contributed by atoms with E-state index < -0.39 is 0 Å². The molecule has 1 unspecified atom stereocenters. The first-order valence-electron chi connectivity index (χ1n) is 7.82. The molecule has 4 rings (SSSR count). The van der Waals surface area contributed by atoms with Gasteiger partial charge in [0.15, 0.2) is 0 Å². The van der Waals surface area contributed by atoms with Crippen LogP contribution in [0.4, 0.5) is 0 Å². The average molecular weight is 330 g/mol. The molecule has 1 atom stereocenters. The number of carbonyl (C=O) groups is 1. The van der Waals surface area contributed by atoms with E-state index in [9.17, 15) is 9.59 Å². The quantitative estimate of drug-likeness (QED) is 0.887. The van der Waals surface area contributed by atoms with Crippen molar-refractivity contribution in [2.75, 3.05) is 13.2 Å². The van der Waals surface area contributed by atoms with E-state index in [2.05, 4.69) is 22.4 Å². The number of carbonyl (C=O) groups excluding carboxylic acids is 1. The van der Waals surface area contributed by atoms with E-state index in [0.717, 1.165) is 43.8 Å². The maximum atomic E-state index is 12.5. The number of ether oxygens (including phenoxy) is 1. The van der Waals surface area contributed by atoms with Crippen molar-refractivity contribution >= 4 is 17.2 Å². The van der Waals surface area contributed by atoms with E-state index in [0.29, 0.717) is 5.69 Å². The Morgan fingerprint density at radius 1 is 1.30 bits per heavy atom. The minimum Gasteiger partial charge on any atom is -0.381 e. The molecule has 2 aliphatic rings. The van der Waals surface area contributed by atoms with E-state index in [1.54, 1.807) is 5.38 Å². The second-order valence-electron chi connectivity index (χ2n) is 6.32. The van der Waals surface area contributed by atoms with E-state index in [1.165, 1.54) is 11.1 Å². The fourth-order valence-electron chi connectivity index (χ4n) is 3.86. The zero-order valence-electron chi connectivity index (χ0n) is 12.6. The molecule has 1 aliphatic carbocycles. The average Bonchev–Trinajstić information content (AvgIpc) is 3.11. The molecular formula is C17H18N2O3S. The van der Waals surface area contributed by atoms with Crippen molar-refractivity contribution in [3.63, 3.8) is 0 Å². The second kappa shape index (κ2) is 5.62. The lowest BCUT2D eigenvalue weighted by molar-refractivity contribution is 0.000516. The Balaban J connectivity index is 1.67. The summed E-state index contributed by atoms with van der Waals surface area (Å²) < 4.78 is 5.54. The lowest BCUT2D eigenvalue weighted by Crippen LogP contribution is -2.42. The molecule has 1 aromatic heterocycles. The third-order valence-electron chi connectivity index (χ3n) is 5.05. The van der Waals surface area contributed by atoms with Crippen LogP contribution in [0, 0.1) is 5.41 Å². The van der Waals surface area contributed by atoms with Gasteiger partial charge in [0.25, 0.3) is 5.91 Å². The first-order chi connectivity index (χ1) is 11.2. The number of rotatable bonds is 2. The SMILES string of the molecule is O=C(NC1c2ccccc2CC12CCOCC2)c1csc(=O)[nH]1. The van der Waals surface area contributed by atoms with Gasteiger partial charge in [0, 0.05) is 24.0 Å². The van der Waals surface area contributed by atoms with Crippen molar-refractivity contribution in [3.8, 4) is 0 Å². The van der Waals surface area contributed by atoms with Crippen molar-refractivity contribution in [1.29, 1.82) is 0 Å². The van der Waals surface area contributed by atoms with Crippen LogP contribution in [0.3, 0.4) is 0 Å². The van der Waals surface area contributed by atoms with Gasteiger partial charge in [-0.15, -0.1) is 0 Å². The van der Waals surface area contributed by atoms with Gasteiger partial charge in [-0.1, -0.05) is 35.6 Å². The molecule has 0 bridgehead atoms. The Hall–Kier alpha value is -1.92. The second-order valence-corrected chi connectivity index (χ2v) is 7.16. The normalized spacial score (nSPS) is 22.0. The van der Waals surface area contributed by atoms with Crippen molar-refractivity contribution in [3.05, 3.63) is 56.1 Å². The molecule has 6 heteroatoms. The highest BCUT2D eigenvalue weighted by molar-refractivity contribution is 7.07. The van der Waals surface area contributed by atoms with E-state index in [4.69, 9.17) is 4.74 Å². The Kier molecular flexibility index (Phi) is 3.58. The standard InChI is InChI=1S/C17H18N2O3S/c20-15(13-10-23-16(21)18-13)19-14-12-4-2-1-3-11(12)9-17(14)5-7-22-8-6-17/h1-4,10,14H,5-9H2,(H,18,21)(H,19,20). The predicted molar refractivity (Wildman–Crippen MR) is 87.8 cm³/mol. The third-order valence-corrected chi connectivity index (χ3v) is 5.72. The summed E-state index contributed by atoms with van der Waals surface area (Å²) in [6.45, 7) is 1.46. The van der Waals surface area contributed by atoms with Gasteiger partial charge in [-0.3, -0.25) is 9.59 Å². The van der Waals surface area contributed by atoms with Crippen LogP contribution in [-0.4, -0.2) is 24.1 Å². The molecule has 23 heavy (non-hydrogen) atoms. The number of amides is 1. The summed E-state index contributed by atoms with van der Waals surface area (Å²) in [5.74, 6) is -0.212. The molecular weight excluding hydrogens is 312 g/mol. The third kappa shape index (κ3) is 2.52. The first-order valence-corrected chi connectivity index (χ1v) is 8.70. The molecule has 0 radical (unpaired) electrons. The topological polar surface area (TPSA) is 71.2 Å². The van der Waals surface area contributed by atoms with Gasteiger partial charge in [0.2, 0.25) is 0 Å². The highest BCUT2D eigenvalue weighted by Crippen LogP contribution is 2.51. The number of hydrogen-bond acceptors (Lipinski definition) is 4. The molecule has 120 valence electrons. The van der Waals surface area contributed by atoms with Crippen LogP contribution in [0.15, 0.2) is 34.4 Å². The van der Waals surface area contributed by atoms with Crippen molar-refractivity contribution in [2.45, 2.75) is 25.3 Å². The number of benzene rings is 1. The molecule has 1 aromatic carbocycles.